The van der Waals surface area contributed by atoms with Gasteiger partial charge in [0.05, 0.1) is 11.3 Å². The predicted molar refractivity (Wildman–Crippen MR) is 123 cm³/mol. The summed E-state index contributed by atoms with van der Waals surface area (Å²) in [5, 5.41) is 6.61. The quantitative estimate of drug-likeness (QED) is 0.500. The van der Waals surface area contributed by atoms with Crippen LogP contribution in [0, 0.1) is 6.92 Å². The normalized spacial score (nSPS) is 12.3. The smallest absolute Gasteiger partial charge is 0.255 e. The van der Waals surface area contributed by atoms with Crippen molar-refractivity contribution < 1.29 is 23.6 Å². The van der Waals surface area contributed by atoms with Gasteiger partial charge < -0.3 is 24.2 Å². The molecular weight excluding hydrogens is 444 g/mol. The van der Waals surface area contributed by atoms with E-state index in [4.69, 9.17) is 14.0 Å². The molecule has 0 atom stereocenters. The van der Waals surface area contributed by atoms with Crippen LogP contribution in [0.5, 0.6) is 11.5 Å². The molecule has 3 aromatic rings. The van der Waals surface area contributed by atoms with Crippen molar-refractivity contribution in [3.05, 3.63) is 59.7 Å². The lowest BCUT2D eigenvalue weighted by Crippen LogP contribution is -2.38. The van der Waals surface area contributed by atoms with Gasteiger partial charge in [-0.15, -0.1) is 11.8 Å². The number of nitrogens with zero attached hydrogens (tertiary/aromatic N) is 3. The highest BCUT2D eigenvalue weighted by Crippen LogP contribution is 2.32. The van der Waals surface area contributed by atoms with E-state index in [9.17, 15) is 9.59 Å². The molecular formula is C23H24N4O5S. The van der Waals surface area contributed by atoms with Crippen LogP contribution in [-0.4, -0.2) is 53.2 Å². The molecule has 172 valence electrons. The van der Waals surface area contributed by atoms with Crippen LogP contribution in [0.2, 0.25) is 0 Å². The molecule has 1 N–H and O–H groups in total. The summed E-state index contributed by atoms with van der Waals surface area (Å²) in [4.78, 5) is 32.4. The summed E-state index contributed by atoms with van der Waals surface area (Å²) in [5.74, 6) is 2.22. The second kappa shape index (κ2) is 10.4. The van der Waals surface area contributed by atoms with E-state index in [0.29, 0.717) is 60.0 Å². The number of aryl methyl sites for hydroxylation is 1. The van der Waals surface area contributed by atoms with E-state index in [1.165, 1.54) is 16.7 Å². The van der Waals surface area contributed by atoms with Crippen LogP contribution >= 0.6 is 11.8 Å². The number of anilines is 1. The molecule has 0 bridgehead atoms. The second-order valence-electron chi connectivity index (χ2n) is 7.25. The molecule has 0 aliphatic carbocycles. The predicted octanol–water partition coefficient (Wildman–Crippen LogP) is 3.54. The van der Waals surface area contributed by atoms with Gasteiger partial charge in [-0.05, 0) is 38.1 Å². The number of rotatable bonds is 8. The van der Waals surface area contributed by atoms with Gasteiger partial charge >= 0.3 is 0 Å². The topological polar surface area (TPSA) is 107 Å². The SMILES string of the molecule is CCN(CC(=O)Nc1ccc2c(c1)OCCO2)C(=O)c1ccccc1SCc1nc(C)no1. The number of amides is 2. The maximum Gasteiger partial charge on any atom is 0.255 e. The molecule has 10 heteroatoms. The number of hydrogen-bond donors (Lipinski definition) is 1. The van der Waals surface area contributed by atoms with E-state index in [-0.39, 0.29) is 18.4 Å². The van der Waals surface area contributed by atoms with Gasteiger partial charge in [-0.3, -0.25) is 9.59 Å². The summed E-state index contributed by atoms with van der Waals surface area (Å²) < 4.78 is 16.2. The van der Waals surface area contributed by atoms with E-state index in [1.807, 2.05) is 19.1 Å². The third kappa shape index (κ3) is 5.64. The van der Waals surface area contributed by atoms with Crippen molar-refractivity contribution in [1.29, 1.82) is 0 Å². The van der Waals surface area contributed by atoms with Crippen molar-refractivity contribution in [1.82, 2.24) is 15.0 Å². The fourth-order valence-electron chi connectivity index (χ4n) is 3.30. The summed E-state index contributed by atoms with van der Waals surface area (Å²) in [7, 11) is 0. The monoisotopic (exact) mass is 468 g/mol. The van der Waals surface area contributed by atoms with Gasteiger partial charge in [0.1, 0.15) is 19.8 Å². The third-order valence-corrected chi connectivity index (χ3v) is 5.93. The van der Waals surface area contributed by atoms with Gasteiger partial charge in [0.25, 0.3) is 5.91 Å². The Bertz CT molecular complexity index is 1150. The summed E-state index contributed by atoms with van der Waals surface area (Å²) in [6.07, 6.45) is 0. The van der Waals surface area contributed by atoms with E-state index in [0.717, 1.165) is 4.90 Å². The van der Waals surface area contributed by atoms with Gasteiger partial charge in [0, 0.05) is 23.2 Å². The molecule has 0 radical (unpaired) electrons. The third-order valence-electron chi connectivity index (χ3n) is 4.87. The Kier molecular flexibility index (Phi) is 7.13. The Morgan fingerprint density at radius 2 is 1.91 bits per heavy atom. The highest BCUT2D eigenvalue weighted by Gasteiger charge is 2.21. The zero-order chi connectivity index (χ0) is 23.2. The number of nitrogens with one attached hydrogen (secondary N) is 1. The summed E-state index contributed by atoms with van der Waals surface area (Å²) in [6.45, 7) is 4.87. The van der Waals surface area contributed by atoms with Crippen LogP contribution in [0.1, 0.15) is 29.0 Å². The van der Waals surface area contributed by atoms with Crippen LogP contribution in [0.4, 0.5) is 5.69 Å². The molecule has 33 heavy (non-hydrogen) atoms. The molecule has 1 aliphatic rings. The zero-order valence-electron chi connectivity index (χ0n) is 18.4. The Labute approximate surface area is 195 Å². The molecule has 1 aromatic heterocycles. The van der Waals surface area contributed by atoms with E-state index in [2.05, 4.69) is 15.5 Å². The van der Waals surface area contributed by atoms with Crippen LogP contribution in [0.15, 0.2) is 51.9 Å². The number of likely N-dealkylation sites (N-methyl/N-ethyl adjacent to an activating group) is 1. The number of carbonyl (C=O) groups excluding carboxylic acids is 2. The maximum atomic E-state index is 13.2. The van der Waals surface area contributed by atoms with Gasteiger partial charge in [0.15, 0.2) is 17.3 Å². The minimum Gasteiger partial charge on any atom is -0.486 e. The number of aromatic nitrogens is 2. The maximum absolute atomic E-state index is 13.2. The number of thioether (sulfide) groups is 1. The fraction of sp³-hybridized carbons (Fsp3) is 0.304. The van der Waals surface area contributed by atoms with Crippen LogP contribution in [-0.2, 0) is 10.5 Å². The minimum atomic E-state index is -0.298. The molecule has 9 nitrogen and oxygen atoms in total. The van der Waals surface area contributed by atoms with Crippen molar-refractivity contribution >= 4 is 29.3 Å². The molecule has 0 unspecified atom stereocenters. The molecule has 0 saturated heterocycles. The number of hydrogen-bond acceptors (Lipinski definition) is 8. The molecule has 2 aromatic carbocycles. The Balaban J connectivity index is 1.41. The van der Waals surface area contributed by atoms with E-state index < -0.39 is 0 Å². The van der Waals surface area contributed by atoms with Crippen molar-refractivity contribution in [3.8, 4) is 11.5 Å². The highest BCUT2D eigenvalue weighted by molar-refractivity contribution is 7.98. The van der Waals surface area contributed by atoms with Crippen LogP contribution in [0.25, 0.3) is 0 Å². The largest absolute Gasteiger partial charge is 0.486 e. The first-order chi connectivity index (χ1) is 16.0. The first-order valence-electron chi connectivity index (χ1n) is 10.5. The van der Waals surface area contributed by atoms with E-state index >= 15 is 0 Å². The Morgan fingerprint density at radius 3 is 2.67 bits per heavy atom. The molecule has 1 aliphatic heterocycles. The number of carbonyl (C=O) groups is 2. The lowest BCUT2D eigenvalue weighted by molar-refractivity contribution is -0.116. The number of benzene rings is 2. The first-order valence-corrected chi connectivity index (χ1v) is 11.5. The average Bonchev–Trinajstić information content (AvgIpc) is 3.26. The van der Waals surface area contributed by atoms with Crippen LogP contribution in [0.3, 0.4) is 0 Å². The molecule has 4 rings (SSSR count). The van der Waals surface area contributed by atoms with Crippen molar-refractivity contribution in [3.63, 3.8) is 0 Å². The van der Waals surface area contributed by atoms with Gasteiger partial charge in [-0.25, -0.2) is 0 Å². The molecule has 2 amide bonds. The summed E-state index contributed by atoms with van der Waals surface area (Å²) in [6, 6.07) is 12.5. The minimum absolute atomic E-state index is 0.0777. The van der Waals surface area contributed by atoms with Crippen LogP contribution < -0.4 is 14.8 Å². The van der Waals surface area contributed by atoms with Crippen molar-refractivity contribution in [2.45, 2.75) is 24.5 Å². The standard InChI is InChI=1S/C23H24N4O5S/c1-3-27(13-21(28)25-16-8-9-18-19(12-16)31-11-10-30-18)23(29)17-6-4-5-7-20(17)33-14-22-24-15(2)26-32-22/h4-9,12H,3,10-11,13-14H2,1-2H3,(H,25,28). The lowest BCUT2D eigenvalue weighted by Gasteiger charge is -2.22. The first kappa shape index (κ1) is 22.7. The zero-order valence-corrected chi connectivity index (χ0v) is 19.2. The number of ether oxygens (including phenoxy) is 2. The van der Waals surface area contributed by atoms with Gasteiger partial charge in [-0.2, -0.15) is 4.98 Å². The van der Waals surface area contributed by atoms with Gasteiger partial charge in [-0.1, -0.05) is 17.3 Å². The Hall–Kier alpha value is -3.53. The van der Waals surface area contributed by atoms with E-state index in [1.54, 1.807) is 37.3 Å². The lowest BCUT2D eigenvalue weighted by atomic mass is 10.2. The Morgan fingerprint density at radius 1 is 1.12 bits per heavy atom. The molecule has 0 spiro atoms. The highest BCUT2D eigenvalue weighted by atomic mass is 32.2. The number of fused-ring (bicyclic) bond motifs is 1. The molecule has 0 saturated carbocycles. The molecule has 0 fully saturated rings. The second-order valence-corrected chi connectivity index (χ2v) is 8.26. The van der Waals surface area contributed by atoms with Crippen molar-refractivity contribution in [2.75, 3.05) is 31.6 Å². The van der Waals surface area contributed by atoms with Crippen molar-refractivity contribution in [2.24, 2.45) is 0 Å². The van der Waals surface area contributed by atoms with Gasteiger partial charge in [0.2, 0.25) is 11.8 Å². The molecule has 2 heterocycles. The fourth-order valence-corrected chi connectivity index (χ4v) is 4.18. The summed E-state index contributed by atoms with van der Waals surface area (Å²) >= 11 is 1.43. The summed E-state index contributed by atoms with van der Waals surface area (Å²) in [5.41, 5.74) is 1.10. The average molecular weight is 469 g/mol.